The van der Waals surface area contributed by atoms with Gasteiger partial charge in [0.05, 0.1) is 23.2 Å². The van der Waals surface area contributed by atoms with Gasteiger partial charge >= 0.3 is 5.97 Å². The lowest BCUT2D eigenvalue weighted by Gasteiger charge is -2.24. The molecule has 3 N–H and O–H groups in total. The molecule has 38 heavy (non-hydrogen) atoms. The fraction of sp³-hybridized carbons (Fsp3) is 0.345. The predicted octanol–water partition coefficient (Wildman–Crippen LogP) is 4.83. The topological polar surface area (TPSA) is 102 Å². The minimum absolute atomic E-state index is 0.241. The number of nitrogen functional groups attached to an aromatic ring is 1. The molecule has 0 bridgehead atoms. The van der Waals surface area contributed by atoms with Gasteiger partial charge in [-0.3, -0.25) is 0 Å². The molecular formula is C29H37N7O2. The van der Waals surface area contributed by atoms with Crippen LogP contribution in [-0.2, 0) is 11.8 Å². The van der Waals surface area contributed by atoms with E-state index in [1.54, 1.807) is 6.20 Å². The summed E-state index contributed by atoms with van der Waals surface area (Å²) in [4.78, 5) is 26.7. The van der Waals surface area contributed by atoms with Crippen LogP contribution in [0, 0.1) is 6.92 Å². The van der Waals surface area contributed by atoms with Gasteiger partial charge in [0.1, 0.15) is 5.69 Å². The highest BCUT2D eigenvalue weighted by Crippen LogP contribution is 2.35. The first-order chi connectivity index (χ1) is 18.1. The van der Waals surface area contributed by atoms with Gasteiger partial charge in [-0.2, -0.15) is 0 Å². The SMILES string of the molecule is Cc1cc(N(C)CCN(C)C)c(N)cc1Nc1nccc(-c2c(C(=O)OC(C)C)n(C)c3ccccc23)n1. The Bertz CT molecular complexity index is 1460. The van der Waals surface area contributed by atoms with Crippen LogP contribution in [0.25, 0.3) is 22.2 Å². The number of rotatable bonds is 9. The molecule has 9 nitrogen and oxygen atoms in total. The number of benzene rings is 2. The highest BCUT2D eigenvalue weighted by molar-refractivity contribution is 6.08. The number of esters is 1. The lowest BCUT2D eigenvalue weighted by atomic mass is 10.1. The molecule has 2 aromatic carbocycles. The van der Waals surface area contributed by atoms with E-state index in [1.165, 1.54) is 0 Å². The van der Waals surface area contributed by atoms with E-state index in [0.717, 1.165) is 40.9 Å². The standard InChI is InChI=1S/C29H37N7O2/c1-18(2)38-28(37)27-26(20-10-8-9-11-24(20)36(27)7)22-12-13-31-29(32-22)33-23-17-21(30)25(16-19(23)3)35(6)15-14-34(4)5/h8-13,16-18H,14-15,30H2,1-7H3,(H,31,32,33). The van der Waals surface area contributed by atoms with Crippen molar-refractivity contribution < 1.29 is 9.53 Å². The van der Waals surface area contributed by atoms with Crippen molar-refractivity contribution in [3.8, 4) is 11.3 Å². The molecule has 0 saturated carbocycles. The molecule has 0 aliphatic heterocycles. The average Bonchev–Trinajstić information content (AvgIpc) is 3.17. The van der Waals surface area contributed by atoms with Crippen LogP contribution >= 0.6 is 0 Å². The summed E-state index contributed by atoms with van der Waals surface area (Å²) < 4.78 is 7.45. The van der Waals surface area contributed by atoms with Crippen molar-refractivity contribution in [2.24, 2.45) is 7.05 Å². The van der Waals surface area contributed by atoms with E-state index < -0.39 is 0 Å². The third kappa shape index (κ3) is 5.57. The number of nitrogens with two attached hydrogens (primary N) is 1. The van der Waals surface area contributed by atoms with Gasteiger partial charge in [-0.1, -0.05) is 18.2 Å². The average molecular weight is 516 g/mol. The molecule has 200 valence electrons. The van der Waals surface area contributed by atoms with Gasteiger partial charge in [-0.15, -0.1) is 0 Å². The first kappa shape index (κ1) is 26.9. The number of likely N-dealkylation sites (N-methyl/N-ethyl adjacent to an activating group) is 2. The molecule has 0 unspecified atom stereocenters. The number of hydrogen-bond donors (Lipinski definition) is 2. The zero-order chi connectivity index (χ0) is 27.6. The zero-order valence-electron chi connectivity index (χ0n) is 23.2. The predicted molar refractivity (Wildman–Crippen MR) is 155 cm³/mol. The molecule has 9 heteroatoms. The third-order valence-corrected chi connectivity index (χ3v) is 6.47. The van der Waals surface area contributed by atoms with Crippen LogP contribution in [0.4, 0.5) is 23.0 Å². The summed E-state index contributed by atoms with van der Waals surface area (Å²) in [6.07, 6.45) is 1.45. The van der Waals surface area contributed by atoms with Crippen LogP contribution in [0.5, 0.6) is 0 Å². The van der Waals surface area contributed by atoms with Crippen molar-refractivity contribution in [3.05, 3.63) is 59.9 Å². The maximum Gasteiger partial charge on any atom is 0.355 e. The molecule has 2 aromatic heterocycles. The van der Waals surface area contributed by atoms with Crippen LogP contribution in [0.3, 0.4) is 0 Å². The molecule has 0 radical (unpaired) electrons. The summed E-state index contributed by atoms with van der Waals surface area (Å²) in [5, 5.41) is 4.24. The maximum atomic E-state index is 13.1. The van der Waals surface area contributed by atoms with E-state index >= 15 is 0 Å². The van der Waals surface area contributed by atoms with Gasteiger partial charge in [0, 0.05) is 55.5 Å². The van der Waals surface area contributed by atoms with Crippen molar-refractivity contribution in [3.63, 3.8) is 0 Å². The molecule has 0 fully saturated rings. The number of aromatic nitrogens is 3. The third-order valence-electron chi connectivity index (χ3n) is 6.47. The second-order valence-corrected chi connectivity index (χ2v) is 10.1. The van der Waals surface area contributed by atoms with Gasteiger partial charge in [0.2, 0.25) is 5.95 Å². The number of anilines is 4. The van der Waals surface area contributed by atoms with E-state index in [4.69, 9.17) is 15.5 Å². The molecule has 4 rings (SSSR count). The number of nitrogens with one attached hydrogen (secondary N) is 1. The fourth-order valence-electron chi connectivity index (χ4n) is 4.49. The Morgan fingerprint density at radius 1 is 1.13 bits per heavy atom. The van der Waals surface area contributed by atoms with Crippen molar-refractivity contribution in [2.45, 2.75) is 26.9 Å². The van der Waals surface area contributed by atoms with Crippen molar-refractivity contribution in [2.75, 3.05) is 50.2 Å². The number of fused-ring (bicyclic) bond motifs is 1. The second-order valence-electron chi connectivity index (χ2n) is 10.1. The Kier molecular flexibility index (Phi) is 7.87. The molecule has 0 aliphatic carbocycles. The number of aryl methyl sites for hydroxylation is 2. The number of nitrogens with zero attached hydrogens (tertiary/aromatic N) is 5. The van der Waals surface area contributed by atoms with Crippen LogP contribution in [-0.4, -0.2) is 65.7 Å². The van der Waals surface area contributed by atoms with E-state index in [9.17, 15) is 4.79 Å². The van der Waals surface area contributed by atoms with Crippen molar-refractivity contribution in [1.82, 2.24) is 19.4 Å². The summed E-state index contributed by atoms with van der Waals surface area (Å²) in [5.74, 6) is 0.0224. The molecule has 0 aliphatic rings. The Morgan fingerprint density at radius 3 is 2.58 bits per heavy atom. The summed E-state index contributed by atoms with van der Waals surface area (Å²) >= 11 is 0. The number of hydrogen-bond acceptors (Lipinski definition) is 8. The van der Waals surface area contributed by atoms with Gasteiger partial charge in [-0.05, 0) is 64.7 Å². The normalized spacial score (nSPS) is 11.4. The molecule has 2 heterocycles. The Morgan fingerprint density at radius 2 is 1.87 bits per heavy atom. The summed E-state index contributed by atoms with van der Waals surface area (Å²) in [7, 11) is 8.02. The van der Waals surface area contributed by atoms with Crippen molar-refractivity contribution in [1.29, 1.82) is 0 Å². The maximum absolute atomic E-state index is 13.1. The smallest absolute Gasteiger partial charge is 0.355 e. The van der Waals surface area contributed by atoms with Crippen LogP contribution in [0.1, 0.15) is 29.9 Å². The Labute approximate surface area is 224 Å². The first-order valence-electron chi connectivity index (χ1n) is 12.7. The minimum atomic E-state index is -0.389. The van der Waals surface area contributed by atoms with Gasteiger partial charge in [0.25, 0.3) is 0 Å². The second kappa shape index (κ2) is 11.1. The number of carbonyl (C=O) groups excluding carboxylic acids is 1. The number of para-hydroxylation sites is 1. The lowest BCUT2D eigenvalue weighted by Crippen LogP contribution is -2.29. The van der Waals surface area contributed by atoms with E-state index in [-0.39, 0.29) is 12.1 Å². The largest absolute Gasteiger partial charge is 0.458 e. The van der Waals surface area contributed by atoms with Gasteiger partial charge in [0.15, 0.2) is 0 Å². The lowest BCUT2D eigenvalue weighted by molar-refractivity contribution is 0.0368. The van der Waals surface area contributed by atoms with Crippen LogP contribution in [0.2, 0.25) is 0 Å². The van der Waals surface area contributed by atoms with E-state index in [1.807, 2.05) is 75.8 Å². The first-order valence-corrected chi connectivity index (χ1v) is 12.7. The van der Waals surface area contributed by atoms with Crippen molar-refractivity contribution >= 4 is 39.9 Å². The molecule has 0 atom stereocenters. The van der Waals surface area contributed by atoms with E-state index in [0.29, 0.717) is 28.6 Å². The number of ether oxygens (including phenoxy) is 1. The summed E-state index contributed by atoms with van der Waals surface area (Å²) in [5.41, 5.74) is 12.6. The Hall–Kier alpha value is -4.11. The highest BCUT2D eigenvalue weighted by Gasteiger charge is 2.25. The molecule has 0 spiro atoms. The van der Waals surface area contributed by atoms with Crippen LogP contribution < -0.4 is 16.0 Å². The van der Waals surface area contributed by atoms with Crippen LogP contribution in [0.15, 0.2) is 48.7 Å². The molecule has 4 aromatic rings. The molecule has 0 saturated heterocycles. The van der Waals surface area contributed by atoms with E-state index in [2.05, 4.69) is 40.3 Å². The molecular weight excluding hydrogens is 478 g/mol. The van der Waals surface area contributed by atoms with Gasteiger partial charge < -0.3 is 30.2 Å². The summed E-state index contributed by atoms with van der Waals surface area (Å²) in [6.45, 7) is 7.50. The quantitative estimate of drug-likeness (QED) is 0.241. The zero-order valence-corrected chi connectivity index (χ0v) is 23.2. The van der Waals surface area contributed by atoms with Gasteiger partial charge in [-0.25, -0.2) is 14.8 Å². The monoisotopic (exact) mass is 515 g/mol. The summed E-state index contributed by atoms with van der Waals surface area (Å²) in [6, 6.07) is 13.7. The minimum Gasteiger partial charge on any atom is -0.458 e. The molecule has 0 amide bonds. The Balaban J connectivity index is 1.70. The number of carbonyl (C=O) groups is 1. The highest BCUT2D eigenvalue weighted by atomic mass is 16.5. The fourth-order valence-corrected chi connectivity index (χ4v) is 4.49.